The quantitative estimate of drug-likeness (QED) is 0.329. The minimum atomic E-state index is -0.469. The molecule has 0 spiro atoms. The van der Waals surface area contributed by atoms with Gasteiger partial charge in [0, 0.05) is 37.8 Å². The third-order valence-electron chi connectivity index (χ3n) is 8.43. The number of nitrogens with zero attached hydrogens (tertiary/aromatic N) is 2. The number of carbonyl (C=O) groups is 1. The van der Waals surface area contributed by atoms with E-state index in [0.29, 0.717) is 6.04 Å². The minimum absolute atomic E-state index is 0.129. The van der Waals surface area contributed by atoms with Crippen molar-refractivity contribution in [2.45, 2.75) is 122 Å². The van der Waals surface area contributed by atoms with E-state index in [1.807, 2.05) is 25.7 Å². The number of carbonyl (C=O) groups excluding carboxylic acids is 1. The molecule has 0 aromatic heterocycles. The number of hydrogen-bond acceptors (Lipinski definition) is 4. The predicted molar refractivity (Wildman–Crippen MR) is 158 cm³/mol. The summed E-state index contributed by atoms with van der Waals surface area (Å²) in [5.74, 6) is 0.744. The van der Waals surface area contributed by atoms with E-state index in [1.54, 1.807) is 0 Å². The van der Waals surface area contributed by atoms with Crippen LogP contribution in [0.2, 0.25) is 0 Å². The molecule has 4 rings (SSSR count). The van der Waals surface area contributed by atoms with Gasteiger partial charge in [0.15, 0.2) is 0 Å². The SMILES string of the molecule is C[C@@H]1CC(OCCC2CCC(N(Cc3ccccc3)Cc3ccccc3)CC2)C[C@H](C)N1C(=O)OC(C)(C)C. The van der Waals surface area contributed by atoms with Crippen molar-refractivity contribution >= 4 is 6.09 Å². The number of amides is 1. The van der Waals surface area contributed by atoms with E-state index >= 15 is 0 Å². The van der Waals surface area contributed by atoms with Crippen LogP contribution in [0.1, 0.15) is 90.7 Å². The molecule has 0 N–H and O–H groups in total. The number of rotatable bonds is 9. The average molecular weight is 535 g/mol. The first-order chi connectivity index (χ1) is 18.7. The first-order valence-electron chi connectivity index (χ1n) is 15.1. The highest BCUT2D eigenvalue weighted by atomic mass is 16.6. The molecule has 2 aromatic rings. The summed E-state index contributed by atoms with van der Waals surface area (Å²) in [4.78, 5) is 17.3. The van der Waals surface area contributed by atoms with Crippen molar-refractivity contribution in [1.82, 2.24) is 9.80 Å². The fraction of sp³-hybridized carbons (Fsp3) is 0.618. The van der Waals surface area contributed by atoms with Crippen molar-refractivity contribution in [1.29, 1.82) is 0 Å². The average Bonchev–Trinajstić information content (AvgIpc) is 2.88. The Kier molecular flexibility index (Phi) is 10.5. The highest BCUT2D eigenvalue weighted by Crippen LogP contribution is 2.32. The van der Waals surface area contributed by atoms with Gasteiger partial charge in [0.1, 0.15) is 5.60 Å². The Morgan fingerprint density at radius 3 is 1.85 bits per heavy atom. The zero-order valence-electron chi connectivity index (χ0n) is 24.9. The van der Waals surface area contributed by atoms with Crippen molar-refractivity contribution in [2.24, 2.45) is 5.92 Å². The molecule has 214 valence electrons. The van der Waals surface area contributed by atoms with Crippen LogP contribution in [0.4, 0.5) is 4.79 Å². The third-order valence-corrected chi connectivity index (χ3v) is 8.43. The van der Waals surface area contributed by atoms with E-state index in [9.17, 15) is 4.79 Å². The lowest BCUT2D eigenvalue weighted by atomic mass is 9.83. The summed E-state index contributed by atoms with van der Waals surface area (Å²) in [5, 5.41) is 0. The summed E-state index contributed by atoms with van der Waals surface area (Å²) >= 11 is 0. The first-order valence-corrected chi connectivity index (χ1v) is 15.1. The molecule has 1 saturated heterocycles. The van der Waals surface area contributed by atoms with E-state index in [0.717, 1.165) is 44.9 Å². The monoisotopic (exact) mass is 534 g/mol. The smallest absolute Gasteiger partial charge is 0.410 e. The van der Waals surface area contributed by atoms with Crippen molar-refractivity contribution in [3.63, 3.8) is 0 Å². The maximum absolute atomic E-state index is 12.7. The second-order valence-corrected chi connectivity index (χ2v) is 12.9. The van der Waals surface area contributed by atoms with Crippen molar-refractivity contribution in [2.75, 3.05) is 6.61 Å². The predicted octanol–water partition coefficient (Wildman–Crippen LogP) is 7.83. The number of benzene rings is 2. The molecule has 39 heavy (non-hydrogen) atoms. The molecule has 2 aromatic carbocycles. The Labute approximate surface area is 236 Å². The molecule has 0 bridgehead atoms. The topological polar surface area (TPSA) is 42.0 Å². The molecule has 1 heterocycles. The van der Waals surface area contributed by atoms with Crippen molar-refractivity contribution in [3.05, 3.63) is 71.8 Å². The second kappa shape index (κ2) is 13.8. The lowest BCUT2D eigenvalue weighted by Crippen LogP contribution is -2.53. The Morgan fingerprint density at radius 2 is 1.36 bits per heavy atom. The van der Waals surface area contributed by atoms with Crippen LogP contribution in [0, 0.1) is 5.92 Å². The van der Waals surface area contributed by atoms with Gasteiger partial charge in [-0.1, -0.05) is 60.7 Å². The highest BCUT2D eigenvalue weighted by molar-refractivity contribution is 5.69. The third kappa shape index (κ3) is 9.08. The van der Waals surface area contributed by atoms with Crippen LogP contribution in [0.15, 0.2) is 60.7 Å². The van der Waals surface area contributed by atoms with Gasteiger partial charge in [0.2, 0.25) is 0 Å². The van der Waals surface area contributed by atoms with Gasteiger partial charge in [-0.3, -0.25) is 4.90 Å². The van der Waals surface area contributed by atoms with Gasteiger partial charge in [-0.15, -0.1) is 0 Å². The van der Waals surface area contributed by atoms with E-state index < -0.39 is 5.60 Å². The summed E-state index contributed by atoms with van der Waals surface area (Å²) in [6, 6.07) is 22.7. The molecule has 3 atom stereocenters. The van der Waals surface area contributed by atoms with Crippen LogP contribution < -0.4 is 0 Å². The van der Waals surface area contributed by atoms with Crippen LogP contribution in [-0.4, -0.2) is 52.3 Å². The van der Waals surface area contributed by atoms with Gasteiger partial charge >= 0.3 is 6.09 Å². The van der Waals surface area contributed by atoms with Crippen LogP contribution in [-0.2, 0) is 22.6 Å². The van der Waals surface area contributed by atoms with E-state index in [4.69, 9.17) is 9.47 Å². The summed E-state index contributed by atoms with van der Waals surface area (Å²) < 4.78 is 12.0. The van der Waals surface area contributed by atoms with Crippen LogP contribution in [0.5, 0.6) is 0 Å². The summed E-state index contributed by atoms with van der Waals surface area (Å²) in [7, 11) is 0. The maximum Gasteiger partial charge on any atom is 0.410 e. The first kappa shape index (κ1) is 29.6. The zero-order valence-corrected chi connectivity index (χ0v) is 24.9. The summed E-state index contributed by atoms with van der Waals surface area (Å²) in [5.41, 5.74) is 2.32. The molecule has 1 aliphatic heterocycles. The molecular weight excluding hydrogens is 484 g/mol. The van der Waals surface area contributed by atoms with E-state index in [1.165, 1.54) is 36.8 Å². The van der Waals surface area contributed by atoms with Gasteiger partial charge in [0.25, 0.3) is 0 Å². The molecule has 1 amide bonds. The fourth-order valence-electron chi connectivity index (χ4n) is 6.48. The highest BCUT2D eigenvalue weighted by Gasteiger charge is 2.37. The van der Waals surface area contributed by atoms with Crippen LogP contribution in [0.3, 0.4) is 0 Å². The molecule has 1 saturated carbocycles. The van der Waals surface area contributed by atoms with Crippen molar-refractivity contribution in [3.8, 4) is 0 Å². The standard InChI is InChI=1S/C34H50N2O3/c1-26-22-32(23-27(2)36(26)33(37)39-34(3,4)5)38-21-20-28-16-18-31(19-17-28)35(24-29-12-8-6-9-13-29)25-30-14-10-7-11-15-30/h6-15,26-28,31-32H,16-25H2,1-5H3/t26-,27+,28?,31?,32?. The summed E-state index contributed by atoms with van der Waals surface area (Å²) in [6.45, 7) is 12.8. The number of likely N-dealkylation sites (tertiary alicyclic amines) is 1. The van der Waals surface area contributed by atoms with Crippen molar-refractivity contribution < 1.29 is 14.3 Å². The van der Waals surface area contributed by atoms with E-state index in [-0.39, 0.29) is 24.3 Å². The molecule has 2 fully saturated rings. The van der Waals surface area contributed by atoms with Gasteiger partial charge < -0.3 is 14.4 Å². The molecule has 2 aliphatic rings. The lowest BCUT2D eigenvalue weighted by molar-refractivity contribution is -0.0486. The largest absolute Gasteiger partial charge is 0.444 e. The fourth-order valence-corrected chi connectivity index (χ4v) is 6.48. The van der Waals surface area contributed by atoms with Gasteiger partial charge in [0.05, 0.1) is 6.10 Å². The molecular formula is C34H50N2O3. The Hall–Kier alpha value is -2.37. The zero-order chi connectivity index (χ0) is 27.8. The number of hydrogen-bond donors (Lipinski definition) is 0. The van der Waals surface area contributed by atoms with E-state index in [2.05, 4.69) is 79.4 Å². The molecule has 1 unspecified atom stereocenters. The maximum atomic E-state index is 12.7. The lowest BCUT2D eigenvalue weighted by Gasteiger charge is -2.42. The second-order valence-electron chi connectivity index (χ2n) is 12.9. The Balaban J connectivity index is 1.22. The van der Waals surface area contributed by atoms with Gasteiger partial charge in [-0.2, -0.15) is 0 Å². The molecule has 1 aliphatic carbocycles. The Bertz CT molecular complexity index is 945. The van der Waals surface area contributed by atoms with Crippen LogP contribution >= 0.6 is 0 Å². The Morgan fingerprint density at radius 1 is 0.846 bits per heavy atom. The summed E-state index contributed by atoms with van der Waals surface area (Å²) in [6.07, 6.45) is 7.98. The number of ether oxygens (including phenoxy) is 2. The number of piperidine rings is 1. The van der Waals surface area contributed by atoms with Crippen LogP contribution in [0.25, 0.3) is 0 Å². The molecule has 5 heteroatoms. The molecule has 5 nitrogen and oxygen atoms in total. The van der Waals surface area contributed by atoms with Gasteiger partial charge in [-0.25, -0.2) is 4.79 Å². The normalized spacial score (nSPS) is 26.0. The minimum Gasteiger partial charge on any atom is -0.444 e. The van der Waals surface area contributed by atoms with Gasteiger partial charge in [-0.05, 0) is 96.6 Å². The molecule has 0 radical (unpaired) electrons.